The fraction of sp³-hybridized carbons (Fsp3) is 0.250. The van der Waals surface area contributed by atoms with Gasteiger partial charge in [0.25, 0.3) is 0 Å². The number of aryl methyl sites for hydroxylation is 1. The normalized spacial score (nSPS) is 12.0. The Morgan fingerprint density at radius 3 is 2.58 bits per heavy atom. The molecule has 1 unspecified atom stereocenters. The molecule has 0 saturated heterocycles. The molecule has 19 heavy (non-hydrogen) atoms. The van der Waals surface area contributed by atoms with E-state index in [1.165, 1.54) is 11.1 Å². The van der Waals surface area contributed by atoms with Gasteiger partial charge in [-0.2, -0.15) is 0 Å². The van der Waals surface area contributed by atoms with Crippen molar-refractivity contribution in [3.63, 3.8) is 0 Å². The molecule has 1 atom stereocenters. The summed E-state index contributed by atoms with van der Waals surface area (Å²) in [5.74, 6) is 0.874. The third-order valence-electron chi connectivity index (χ3n) is 3.10. The number of nitrogens with one attached hydrogen (secondary N) is 1. The summed E-state index contributed by atoms with van der Waals surface area (Å²) < 4.78 is 6.53. The van der Waals surface area contributed by atoms with Crippen LogP contribution in [0.15, 0.2) is 46.9 Å². The third kappa shape index (κ3) is 3.29. The maximum absolute atomic E-state index is 5.42. The first-order valence-corrected chi connectivity index (χ1v) is 7.06. The van der Waals surface area contributed by atoms with Gasteiger partial charge in [0.05, 0.1) is 12.8 Å². The van der Waals surface area contributed by atoms with Gasteiger partial charge in [0.2, 0.25) is 0 Å². The number of rotatable bonds is 4. The molecule has 0 radical (unpaired) electrons. The second kappa shape index (κ2) is 6.11. The van der Waals surface area contributed by atoms with E-state index in [2.05, 4.69) is 59.4 Å². The molecule has 0 fully saturated rings. The molecule has 0 saturated carbocycles. The monoisotopic (exact) mass is 319 g/mol. The predicted octanol–water partition coefficient (Wildman–Crippen LogP) is 4.94. The molecular weight excluding hydrogens is 302 g/mol. The van der Waals surface area contributed by atoms with Gasteiger partial charge < -0.3 is 10.1 Å². The molecule has 0 aliphatic carbocycles. The zero-order valence-corrected chi connectivity index (χ0v) is 13.0. The largest absolute Gasteiger partial charge is 0.495 e. The Bertz CT molecular complexity index is 568. The lowest BCUT2D eigenvalue weighted by molar-refractivity contribution is 0.416. The van der Waals surface area contributed by atoms with Crippen molar-refractivity contribution in [1.82, 2.24) is 0 Å². The summed E-state index contributed by atoms with van der Waals surface area (Å²) in [6, 6.07) is 14.6. The average Bonchev–Trinajstić information content (AvgIpc) is 2.41. The maximum Gasteiger partial charge on any atom is 0.142 e. The van der Waals surface area contributed by atoms with E-state index < -0.39 is 0 Å². The Morgan fingerprint density at radius 2 is 1.89 bits per heavy atom. The van der Waals surface area contributed by atoms with Crippen LogP contribution in [0.1, 0.15) is 24.1 Å². The number of ether oxygens (including phenoxy) is 1. The van der Waals surface area contributed by atoms with Gasteiger partial charge in [-0.3, -0.25) is 0 Å². The highest BCUT2D eigenvalue weighted by Gasteiger charge is 2.11. The van der Waals surface area contributed by atoms with E-state index in [9.17, 15) is 0 Å². The van der Waals surface area contributed by atoms with Crippen molar-refractivity contribution in [2.75, 3.05) is 12.4 Å². The van der Waals surface area contributed by atoms with E-state index in [4.69, 9.17) is 4.74 Å². The number of hydrogen-bond acceptors (Lipinski definition) is 2. The van der Waals surface area contributed by atoms with Gasteiger partial charge in [0, 0.05) is 10.5 Å². The highest BCUT2D eigenvalue weighted by molar-refractivity contribution is 9.10. The minimum Gasteiger partial charge on any atom is -0.495 e. The highest BCUT2D eigenvalue weighted by Crippen LogP contribution is 2.31. The summed E-state index contributed by atoms with van der Waals surface area (Å²) in [7, 11) is 1.70. The van der Waals surface area contributed by atoms with Crippen molar-refractivity contribution >= 4 is 21.6 Å². The number of hydrogen-bond donors (Lipinski definition) is 1. The molecule has 2 aromatic rings. The summed E-state index contributed by atoms with van der Waals surface area (Å²) in [6.07, 6.45) is 0. The Hall–Kier alpha value is -1.48. The Labute approximate surface area is 122 Å². The van der Waals surface area contributed by atoms with Gasteiger partial charge in [-0.15, -0.1) is 0 Å². The molecule has 0 spiro atoms. The number of anilines is 1. The third-order valence-corrected chi connectivity index (χ3v) is 3.82. The first-order chi connectivity index (χ1) is 9.11. The molecule has 0 amide bonds. The standard InChI is InChI=1S/C16H18BrNO/c1-11-8-9-15(16(10-11)19-3)18-12(2)13-6-4-5-7-14(13)17/h4-10,12,18H,1-3H3. The Balaban J connectivity index is 2.24. The van der Waals surface area contributed by atoms with Gasteiger partial charge in [0.15, 0.2) is 0 Å². The van der Waals surface area contributed by atoms with Crippen LogP contribution < -0.4 is 10.1 Å². The van der Waals surface area contributed by atoms with Crippen molar-refractivity contribution in [3.8, 4) is 5.75 Å². The second-order valence-electron chi connectivity index (χ2n) is 4.59. The van der Waals surface area contributed by atoms with Crippen LogP contribution in [0.2, 0.25) is 0 Å². The minimum atomic E-state index is 0.201. The first-order valence-electron chi connectivity index (χ1n) is 6.27. The molecule has 100 valence electrons. The summed E-state index contributed by atoms with van der Waals surface area (Å²) in [6.45, 7) is 4.20. The fourth-order valence-corrected chi connectivity index (χ4v) is 2.68. The molecular formula is C16H18BrNO. The molecule has 1 N–H and O–H groups in total. The Morgan fingerprint density at radius 1 is 1.16 bits per heavy atom. The minimum absolute atomic E-state index is 0.201. The van der Waals surface area contributed by atoms with Crippen molar-refractivity contribution in [1.29, 1.82) is 0 Å². The zero-order valence-electron chi connectivity index (χ0n) is 11.4. The van der Waals surface area contributed by atoms with Crippen molar-refractivity contribution in [2.24, 2.45) is 0 Å². The van der Waals surface area contributed by atoms with E-state index in [-0.39, 0.29) is 6.04 Å². The molecule has 2 aromatic carbocycles. The summed E-state index contributed by atoms with van der Waals surface area (Å²) in [5.41, 5.74) is 3.43. The topological polar surface area (TPSA) is 21.3 Å². The van der Waals surface area contributed by atoms with Gasteiger partial charge in [0.1, 0.15) is 5.75 Å². The van der Waals surface area contributed by atoms with Crippen LogP contribution in [0.25, 0.3) is 0 Å². The second-order valence-corrected chi connectivity index (χ2v) is 5.45. The number of methoxy groups -OCH3 is 1. The molecule has 3 heteroatoms. The lowest BCUT2D eigenvalue weighted by atomic mass is 10.1. The fourth-order valence-electron chi connectivity index (χ4n) is 2.05. The van der Waals surface area contributed by atoms with Crippen LogP contribution in [0.3, 0.4) is 0 Å². The SMILES string of the molecule is COc1cc(C)ccc1NC(C)c1ccccc1Br. The van der Waals surface area contributed by atoms with E-state index in [1.807, 2.05) is 18.2 Å². The summed E-state index contributed by atoms with van der Waals surface area (Å²) in [5, 5.41) is 3.49. The van der Waals surface area contributed by atoms with E-state index in [0.717, 1.165) is 15.9 Å². The molecule has 2 rings (SSSR count). The predicted molar refractivity (Wildman–Crippen MR) is 83.9 cm³/mol. The van der Waals surface area contributed by atoms with E-state index in [1.54, 1.807) is 7.11 Å². The van der Waals surface area contributed by atoms with Crippen LogP contribution in [0.4, 0.5) is 5.69 Å². The molecule has 0 aliphatic rings. The summed E-state index contributed by atoms with van der Waals surface area (Å²) >= 11 is 3.59. The van der Waals surface area contributed by atoms with Crippen LogP contribution >= 0.6 is 15.9 Å². The van der Waals surface area contributed by atoms with Gasteiger partial charge >= 0.3 is 0 Å². The van der Waals surface area contributed by atoms with Gasteiger partial charge in [-0.25, -0.2) is 0 Å². The van der Waals surface area contributed by atoms with Crippen LogP contribution in [0.5, 0.6) is 5.75 Å². The molecule has 0 bridgehead atoms. The van der Waals surface area contributed by atoms with Crippen molar-refractivity contribution in [3.05, 3.63) is 58.1 Å². The van der Waals surface area contributed by atoms with Crippen LogP contribution in [-0.4, -0.2) is 7.11 Å². The van der Waals surface area contributed by atoms with Gasteiger partial charge in [-0.05, 0) is 43.2 Å². The quantitative estimate of drug-likeness (QED) is 0.861. The van der Waals surface area contributed by atoms with E-state index in [0.29, 0.717) is 0 Å². The maximum atomic E-state index is 5.42. The first kappa shape index (κ1) is 13.9. The zero-order chi connectivity index (χ0) is 13.8. The smallest absolute Gasteiger partial charge is 0.142 e. The molecule has 2 nitrogen and oxygen atoms in total. The van der Waals surface area contributed by atoms with Crippen LogP contribution in [-0.2, 0) is 0 Å². The van der Waals surface area contributed by atoms with Crippen molar-refractivity contribution in [2.45, 2.75) is 19.9 Å². The highest BCUT2D eigenvalue weighted by atomic mass is 79.9. The lowest BCUT2D eigenvalue weighted by Crippen LogP contribution is -2.08. The molecule has 0 aromatic heterocycles. The van der Waals surface area contributed by atoms with Crippen molar-refractivity contribution < 1.29 is 4.74 Å². The number of benzene rings is 2. The summed E-state index contributed by atoms with van der Waals surface area (Å²) in [4.78, 5) is 0. The molecule has 0 heterocycles. The van der Waals surface area contributed by atoms with Gasteiger partial charge in [-0.1, -0.05) is 40.2 Å². The average molecular weight is 320 g/mol. The molecule has 0 aliphatic heterocycles. The van der Waals surface area contributed by atoms with Crippen LogP contribution in [0, 0.1) is 6.92 Å². The lowest BCUT2D eigenvalue weighted by Gasteiger charge is -2.19. The van der Waals surface area contributed by atoms with E-state index >= 15 is 0 Å². The number of halogens is 1. The Kier molecular flexibility index (Phi) is 4.48.